The van der Waals surface area contributed by atoms with Crippen LogP contribution in [0.25, 0.3) is 0 Å². The van der Waals surface area contributed by atoms with Crippen LogP contribution in [0.4, 0.5) is 10.1 Å². The summed E-state index contributed by atoms with van der Waals surface area (Å²) in [6.45, 7) is 3.11. The number of halogens is 2. The highest BCUT2D eigenvalue weighted by molar-refractivity contribution is 6.30. The molecule has 1 fully saturated rings. The highest BCUT2D eigenvalue weighted by Crippen LogP contribution is 2.27. The van der Waals surface area contributed by atoms with E-state index in [0.717, 1.165) is 25.1 Å². The molecule has 0 aliphatic carbocycles. The van der Waals surface area contributed by atoms with Crippen LogP contribution in [0.3, 0.4) is 0 Å². The molecule has 0 amide bonds. The molecule has 0 bridgehead atoms. The molecule has 0 saturated carbocycles. The van der Waals surface area contributed by atoms with Gasteiger partial charge in [0, 0.05) is 29.3 Å². The quantitative estimate of drug-likeness (QED) is 0.875. The van der Waals surface area contributed by atoms with E-state index in [0.29, 0.717) is 17.1 Å². The van der Waals surface area contributed by atoms with Crippen LogP contribution in [0.5, 0.6) is 0 Å². The molecule has 1 N–H and O–H groups in total. The Morgan fingerprint density at radius 3 is 2.76 bits per heavy atom. The smallest absolute Gasteiger partial charge is 0.126 e. The molecular formula is C13H18ClFN2. The van der Waals surface area contributed by atoms with Gasteiger partial charge in [-0.15, -0.1) is 0 Å². The number of benzene rings is 1. The third-order valence-electron chi connectivity index (χ3n) is 3.46. The lowest BCUT2D eigenvalue weighted by molar-refractivity contribution is 0.387. The average Bonchev–Trinajstić information content (AvgIpc) is 2.27. The second kappa shape index (κ2) is 5.23. The predicted molar refractivity (Wildman–Crippen MR) is 70.3 cm³/mol. The van der Waals surface area contributed by atoms with Crippen molar-refractivity contribution >= 4 is 17.3 Å². The van der Waals surface area contributed by atoms with Crippen molar-refractivity contribution < 1.29 is 4.39 Å². The fraction of sp³-hybridized carbons (Fsp3) is 0.538. The monoisotopic (exact) mass is 256 g/mol. The zero-order chi connectivity index (χ0) is 12.4. The van der Waals surface area contributed by atoms with Crippen LogP contribution in [0.15, 0.2) is 18.2 Å². The topological polar surface area (TPSA) is 15.3 Å². The molecule has 2 atom stereocenters. The molecule has 4 heteroatoms. The van der Waals surface area contributed by atoms with E-state index in [1.807, 2.05) is 13.1 Å². The van der Waals surface area contributed by atoms with Gasteiger partial charge in [-0.2, -0.15) is 0 Å². The van der Waals surface area contributed by atoms with Crippen LogP contribution in [-0.4, -0.2) is 25.7 Å². The summed E-state index contributed by atoms with van der Waals surface area (Å²) in [6.07, 6.45) is 2.15. The molecule has 1 aliphatic heterocycles. The SMILES string of the molecule is CNC1CCN(c2cc(F)cc(Cl)c2)C(C)C1. The van der Waals surface area contributed by atoms with Crippen molar-refractivity contribution in [2.24, 2.45) is 0 Å². The molecule has 0 spiro atoms. The van der Waals surface area contributed by atoms with Crippen molar-refractivity contribution in [1.82, 2.24) is 5.32 Å². The molecule has 1 heterocycles. The molecule has 1 saturated heterocycles. The molecule has 94 valence electrons. The van der Waals surface area contributed by atoms with Gasteiger partial charge in [-0.3, -0.25) is 0 Å². The number of hydrogen-bond acceptors (Lipinski definition) is 2. The molecular weight excluding hydrogens is 239 g/mol. The van der Waals surface area contributed by atoms with Crippen LogP contribution in [0.2, 0.25) is 5.02 Å². The molecule has 1 aromatic rings. The number of hydrogen-bond donors (Lipinski definition) is 1. The first-order valence-corrected chi connectivity index (χ1v) is 6.38. The highest BCUT2D eigenvalue weighted by Gasteiger charge is 2.24. The van der Waals surface area contributed by atoms with Crippen LogP contribution in [-0.2, 0) is 0 Å². The number of piperidine rings is 1. The maximum absolute atomic E-state index is 13.3. The minimum absolute atomic E-state index is 0.268. The molecule has 1 aliphatic rings. The van der Waals surface area contributed by atoms with Gasteiger partial charge < -0.3 is 10.2 Å². The van der Waals surface area contributed by atoms with Crippen molar-refractivity contribution in [1.29, 1.82) is 0 Å². The Morgan fingerprint density at radius 1 is 1.41 bits per heavy atom. The van der Waals surface area contributed by atoms with Gasteiger partial charge in [-0.25, -0.2) is 4.39 Å². The molecule has 17 heavy (non-hydrogen) atoms. The molecule has 2 rings (SSSR count). The summed E-state index contributed by atoms with van der Waals surface area (Å²) in [5.41, 5.74) is 0.886. The van der Waals surface area contributed by atoms with Gasteiger partial charge in [0.1, 0.15) is 5.82 Å². The van der Waals surface area contributed by atoms with Crippen LogP contribution in [0, 0.1) is 5.82 Å². The van der Waals surface area contributed by atoms with Crippen LogP contribution in [0.1, 0.15) is 19.8 Å². The second-order valence-electron chi connectivity index (χ2n) is 4.68. The largest absolute Gasteiger partial charge is 0.369 e. The highest BCUT2D eigenvalue weighted by atomic mass is 35.5. The molecule has 2 unspecified atom stereocenters. The Labute approximate surface area is 107 Å². The van der Waals surface area contributed by atoms with E-state index in [-0.39, 0.29) is 5.82 Å². The Balaban J connectivity index is 2.17. The zero-order valence-electron chi connectivity index (χ0n) is 10.2. The number of rotatable bonds is 2. The molecule has 0 aromatic heterocycles. The first kappa shape index (κ1) is 12.7. The van der Waals surface area contributed by atoms with E-state index in [2.05, 4.69) is 17.1 Å². The van der Waals surface area contributed by atoms with Gasteiger partial charge in [-0.05, 0) is 45.0 Å². The van der Waals surface area contributed by atoms with Crippen LogP contribution < -0.4 is 10.2 Å². The van der Waals surface area contributed by atoms with Crippen molar-refractivity contribution in [2.45, 2.75) is 31.8 Å². The van der Waals surface area contributed by atoms with E-state index in [9.17, 15) is 4.39 Å². The maximum Gasteiger partial charge on any atom is 0.126 e. The third kappa shape index (κ3) is 2.90. The first-order valence-electron chi connectivity index (χ1n) is 6.00. The fourth-order valence-corrected chi connectivity index (χ4v) is 2.74. The minimum Gasteiger partial charge on any atom is -0.369 e. The van der Waals surface area contributed by atoms with Gasteiger partial charge in [0.25, 0.3) is 0 Å². The lowest BCUT2D eigenvalue weighted by Gasteiger charge is -2.39. The number of nitrogens with zero attached hydrogens (tertiary/aromatic N) is 1. The minimum atomic E-state index is -0.268. The second-order valence-corrected chi connectivity index (χ2v) is 5.12. The summed E-state index contributed by atoms with van der Waals surface area (Å²) in [4.78, 5) is 2.22. The van der Waals surface area contributed by atoms with E-state index in [4.69, 9.17) is 11.6 Å². The van der Waals surface area contributed by atoms with E-state index in [1.165, 1.54) is 6.07 Å². The fourth-order valence-electron chi connectivity index (χ4n) is 2.52. The first-order chi connectivity index (χ1) is 8.10. The van der Waals surface area contributed by atoms with Crippen LogP contribution >= 0.6 is 11.6 Å². The maximum atomic E-state index is 13.3. The summed E-state index contributed by atoms with van der Waals surface area (Å²) in [7, 11) is 1.99. The zero-order valence-corrected chi connectivity index (χ0v) is 11.0. The predicted octanol–water partition coefficient (Wildman–Crippen LogP) is 3.06. The van der Waals surface area contributed by atoms with Crippen molar-refractivity contribution in [3.05, 3.63) is 29.0 Å². The van der Waals surface area contributed by atoms with Gasteiger partial charge in [0.15, 0.2) is 0 Å². The van der Waals surface area contributed by atoms with Gasteiger partial charge in [0.2, 0.25) is 0 Å². The Bertz CT molecular complexity index is 377. The van der Waals surface area contributed by atoms with E-state index in [1.54, 1.807) is 6.07 Å². The van der Waals surface area contributed by atoms with Gasteiger partial charge in [-0.1, -0.05) is 11.6 Å². The van der Waals surface area contributed by atoms with Gasteiger partial charge in [0.05, 0.1) is 0 Å². The standard InChI is InChI=1S/C13H18ClFN2/c1-9-5-12(16-2)3-4-17(9)13-7-10(14)6-11(15)8-13/h6-9,12,16H,3-5H2,1-2H3. The van der Waals surface area contributed by atoms with Crippen molar-refractivity contribution in [3.8, 4) is 0 Å². The molecule has 2 nitrogen and oxygen atoms in total. The molecule has 1 aromatic carbocycles. The summed E-state index contributed by atoms with van der Waals surface area (Å²) in [5.74, 6) is -0.268. The third-order valence-corrected chi connectivity index (χ3v) is 3.68. The summed E-state index contributed by atoms with van der Waals surface area (Å²) < 4.78 is 13.3. The Morgan fingerprint density at radius 2 is 2.18 bits per heavy atom. The Kier molecular flexibility index (Phi) is 3.89. The van der Waals surface area contributed by atoms with Gasteiger partial charge >= 0.3 is 0 Å². The molecule has 0 radical (unpaired) electrons. The average molecular weight is 257 g/mol. The number of anilines is 1. The number of nitrogens with one attached hydrogen (secondary N) is 1. The summed E-state index contributed by atoms with van der Waals surface area (Å²) in [6, 6.07) is 5.70. The normalized spacial score (nSPS) is 25.1. The Hall–Kier alpha value is -0.800. The van der Waals surface area contributed by atoms with Crippen molar-refractivity contribution in [3.63, 3.8) is 0 Å². The summed E-state index contributed by atoms with van der Waals surface area (Å²) in [5, 5.41) is 3.76. The summed E-state index contributed by atoms with van der Waals surface area (Å²) >= 11 is 5.89. The van der Waals surface area contributed by atoms with Crippen molar-refractivity contribution in [2.75, 3.05) is 18.5 Å². The van der Waals surface area contributed by atoms with E-state index < -0.39 is 0 Å². The lowest BCUT2D eigenvalue weighted by atomic mass is 9.98. The lowest BCUT2D eigenvalue weighted by Crippen LogP contribution is -2.46. The van der Waals surface area contributed by atoms with E-state index >= 15 is 0 Å².